The molecule has 1 aliphatic rings. The third kappa shape index (κ3) is 2.85. The van der Waals surface area contributed by atoms with Gasteiger partial charge in [-0.25, -0.2) is 13.6 Å². The third-order valence-electron chi connectivity index (χ3n) is 4.90. The van der Waals surface area contributed by atoms with Crippen molar-refractivity contribution in [2.45, 2.75) is 12.1 Å². The number of imide groups is 1. The van der Waals surface area contributed by atoms with Crippen molar-refractivity contribution in [3.05, 3.63) is 65.4 Å². The average Bonchev–Trinajstić information content (AvgIpc) is 3.11. The molecule has 1 fully saturated rings. The molecule has 29 heavy (non-hydrogen) atoms. The van der Waals surface area contributed by atoms with E-state index in [4.69, 9.17) is 5.73 Å². The number of halogens is 2. The molecule has 2 heterocycles. The fourth-order valence-electron chi connectivity index (χ4n) is 3.47. The maximum absolute atomic E-state index is 14.1. The summed E-state index contributed by atoms with van der Waals surface area (Å²) >= 11 is 0. The maximum atomic E-state index is 14.1. The second kappa shape index (κ2) is 6.30. The molecule has 5 N–H and O–H groups in total. The van der Waals surface area contributed by atoms with Crippen LogP contribution in [0.15, 0.2) is 42.6 Å². The van der Waals surface area contributed by atoms with Crippen molar-refractivity contribution in [2.24, 2.45) is 5.73 Å². The highest BCUT2D eigenvalue weighted by atomic mass is 19.1. The standard InChI is InChI=1S/C19H14F2N4O4/c20-11-3-1-10(2-4-11)19(17(28)23-18(29)24-19)8-25-7-9-5-13(15(22)26)14(21)6-12(9)16(25)27/h1-7,27H,8H2,(H2,22,26)(H2,23,24,28,29). The van der Waals surface area contributed by atoms with Crippen LogP contribution in [0, 0.1) is 11.6 Å². The van der Waals surface area contributed by atoms with Crippen LogP contribution < -0.4 is 16.4 Å². The molecule has 2 aromatic carbocycles. The number of nitrogens with two attached hydrogens (primary N) is 1. The number of primary amides is 1. The number of carbonyl (C=O) groups is 3. The molecule has 1 atom stereocenters. The van der Waals surface area contributed by atoms with Gasteiger partial charge in [-0.1, -0.05) is 12.1 Å². The lowest BCUT2D eigenvalue weighted by Gasteiger charge is -2.27. The minimum Gasteiger partial charge on any atom is -0.494 e. The summed E-state index contributed by atoms with van der Waals surface area (Å²) < 4.78 is 28.6. The number of nitrogens with zero attached hydrogens (tertiary/aromatic N) is 1. The van der Waals surface area contributed by atoms with Crippen LogP contribution in [-0.2, 0) is 16.9 Å². The molecule has 1 unspecified atom stereocenters. The molecule has 148 valence electrons. The summed E-state index contributed by atoms with van der Waals surface area (Å²) in [5, 5.41) is 15.6. The first-order valence-corrected chi connectivity index (χ1v) is 8.42. The van der Waals surface area contributed by atoms with E-state index in [-0.39, 0.29) is 28.9 Å². The van der Waals surface area contributed by atoms with Crippen LogP contribution in [-0.4, -0.2) is 27.5 Å². The van der Waals surface area contributed by atoms with Gasteiger partial charge in [-0.05, 0) is 29.8 Å². The Morgan fingerprint density at radius 1 is 1.17 bits per heavy atom. The van der Waals surface area contributed by atoms with Crippen molar-refractivity contribution >= 4 is 28.6 Å². The zero-order valence-corrected chi connectivity index (χ0v) is 14.7. The fraction of sp³-hybridized carbons (Fsp3) is 0.105. The summed E-state index contributed by atoms with van der Waals surface area (Å²) in [4.78, 5) is 35.8. The van der Waals surface area contributed by atoms with Crippen LogP contribution >= 0.6 is 0 Å². The summed E-state index contributed by atoms with van der Waals surface area (Å²) in [7, 11) is 0. The second-order valence-electron chi connectivity index (χ2n) is 6.68. The van der Waals surface area contributed by atoms with Gasteiger partial charge in [0, 0.05) is 17.0 Å². The highest BCUT2D eigenvalue weighted by Crippen LogP contribution is 2.34. The summed E-state index contributed by atoms with van der Waals surface area (Å²) in [6, 6.07) is 6.33. The predicted molar refractivity (Wildman–Crippen MR) is 96.8 cm³/mol. The number of hydrogen-bond acceptors (Lipinski definition) is 4. The van der Waals surface area contributed by atoms with Gasteiger partial charge in [-0.2, -0.15) is 0 Å². The molecule has 1 aromatic heterocycles. The van der Waals surface area contributed by atoms with E-state index in [1.165, 1.54) is 29.0 Å². The first kappa shape index (κ1) is 18.4. The van der Waals surface area contributed by atoms with Gasteiger partial charge >= 0.3 is 6.03 Å². The topological polar surface area (TPSA) is 126 Å². The molecule has 0 spiro atoms. The van der Waals surface area contributed by atoms with Crippen molar-refractivity contribution in [1.29, 1.82) is 0 Å². The van der Waals surface area contributed by atoms with Gasteiger partial charge in [0.15, 0.2) is 11.4 Å². The molecule has 0 saturated carbocycles. The molecule has 4 rings (SSSR count). The quantitative estimate of drug-likeness (QED) is 0.495. The number of benzene rings is 2. The monoisotopic (exact) mass is 400 g/mol. The molecule has 10 heteroatoms. The zero-order chi connectivity index (χ0) is 20.9. The number of fused-ring (bicyclic) bond motifs is 1. The lowest BCUT2D eigenvalue weighted by Crippen LogP contribution is -2.47. The normalized spacial score (nSPS) is 18.7. The molecule has 3 aromatic rings. The van der Waals surface area contributed by atoms with E-state index in [2.05, 4.69) is 10.6 Å². The Labute approximate surface area is 161 Å². The highest BCUT2D eigenvalue weighted by Gasteiger charge is 2.48. The molecule has 8 nitrogen and oxygen atoms in total. The van der Waals surface area contributed by atoms with E-state index >= 15 is 0 Å². The number of carbonyl (C=O) groups excluding carboxylic acids is 3. The van der Waals surface area contributed by atoms with Gasteiger partial charge in [0.05, 0.1) is 12.1 Å². The molecular formula is C19H14F2N4O4. The summed E-state index contributed by atoms with van der Waals surface area (Å²) in [5.74, 6) is -3.49. The molecular weight excluding hydrogens is 386 g/mol. The Kier molecular flexibility index (Phi) is 4.00. The van der Waals surface area contributed by atoms with Crippen molar-refractivity contribution < 1.29 is 28.3 Å². The van der Waals surface area contributed by atoms with Crippen LogP contribution in [0.2, 0.25) is 0 Å². The minimum atomic E-state index is -1.64. The maximum Gasteiger partial charge on any atom is 0.322 e. The van der Waals surface area contributed by atoms with Gasteiger partial charge in [-0.3, -0.25) is 14.9 Å². The lowest BCUT2D eigenvalue weighted by atomic mass is 9.89. The van der Waals surface area contributed by atoms with E-state index in [9.17, 15) is 28.3 Å². The number of amides is 4. The van der Waals surface area contributed by atoms with Gasteiger partial charge in [0.2, 0.25) is 0 Å². The first-order chi connectivity index (χ1) is 13.7. The van der Waals surface area contributed by atoms with Crippen molar-refractivity contribution in [3.8, 4) is 5.88 Å². The Bertz CT molecular complexity index is 1190. The predicted octanol–water partition coefficient (Wildman–Crippen LogP) is 1.46. The van der Waals surface area contributed by atoms with Gasteiger partial charge in [0.25, 0.3) is 11.8 Å². The summed E-state index contributed by atoms with van der Waals surface area (Å²) in [6.45, 7) is -0.274. The van der Waals surface area contributed by atoms with Gasteiger partial charge in [0.1, 0.15) is 11.6 Å². The van der Waals surface area contributed by atoms with E-state index in [0.29, 0.717) is 5.39 Å². The average molecular weight is 400 g/mol. The molecule has 4 amide bonds. The largest absolute Gasteiger partial charge is 0.494 e. The van der Waals surface area contributed by atoms with E-state index in [1.807, 2.05) is 0 Å². The van der Waals surface area contributed by atoms with Crippen LogP contribution in [0.25, 0.3) is 10.8 Å². The molecule has 0 radical (unpaired) electrons. The number of urea groups is 1. The minimum absolute atomic E-state index is 0.0893. The van der Waals surface area contributed by atoms with Crippen molar-refractivity contribution in [3.63, 3.8) is 0 Å². The van der Waals surface area contributed by atoms with Crippen LogP contribution in [0.4, 0.5) is 13.6 Å². The Morgan fingerprint density at radius 3 is 2.45 bits per heavy atom. The van der Waals surface area contributed by atoms with Crippen molar-refractivity contribution in [1.82, 2.24) is 15.2 Å². The van der Waals surface area contributed by atoms with E-state index < -0.39 is 35.0 Å². The smallest absolute Gasteiger partial charge is 0.322 e. The van der Waals surface area contributed by atoms with E-state index in [0.717, 1.165) is 18.2 Å². The summed E-state index contributed by atoms with van der Waals surface area (Å²) in [6.07, 6.45) is 1.39. The Balaban J connectivity index is 1.85. The SMILES string of the molecule is NC(=O)c1cc2cn(CC3(c4ccc(F)cc4)NC(=O)NC3=O)c(O)c2cc1F. The molecule has 0 bridgehead atoms. The number of aromatic nitrogens is 1. The third-order valence-corrected chi connectivity index (χ3v) is 4.90. The second-order valence-corrected chi connectivity index (χ2v) is 6.68. The fourth-order valence-corrected chi connectivity index (χ4v) is 3.47. The number of hydrogen-bond donors (Lipinski definition) is 4. The number of rotatable bonds is 4. The number of aromatic hydroxyl groups is 1. The number of nitrogens with one attached hydrogen (secondary N) is 2. The Hall–Kier alpha value is -3.95. The molecule has 0 aliphatic carbocycles. The molecule has 1 saturated heterocycles. The van der Waals surface area contributed by atoms with Crippen molar-refractivity contribution in [2.75, 3.05) is 0 Å². The Morgan fingerprint density at radius 2 is 1.86 bits per heavy atom. The highest BCUT2D eigenvalue weighted by molar-refractivity contribution is 6.07. The van der Waals surface area contributed by atoms with Crippen LogP contribution in [0.1, 0.15) is 15.9 Å². The molecule has 1 aliphatic heterocycles. The van der Waals surface area contributed by atoms with Gasteiger partial charge in [-0.15, -0.1) is 0 Å². The van der Waals surface area contributed by atoms with Crippen LogP contribution in [0.5, 0.6) is 5.88 Å². The summed E-state index contributed by atoms with van der Waals surface area (Å²) in [5.41, 5.74) is 3.44. The van der Waals surface area contributed by atoms with Gasteiger partial charge < -0.3 is 20.7 Å². The lowest BCUT2D eigenvalue weighted by molar-refractivity contribution is -0.124. The van der Waals surface area contributed by atoms with Crippen LogP contribution in [0.3, 0.4) is 0 Å². The first-order valence-electron chi connectivity index (χ1n) is 8.42. The zero-order valence-electron chi connectivity index (χ0n) is 14.7. The van der Waals surface area contributed by atoms with E-state index in [1.54, 1.807) is 0 Å².